The van der Waals surface area contributed by atoms with Gasteiger partial charge in [0, 0.05) is 14.9 Å². The number of sulfonamides is 1. The second kappa shape index (κ2) is 7.52. The third kappa shape index (κ3) is 4.11. The summed E-state index contributed by atoms with van der Waals surface area (Å²) >= 11 is 13.0. The van der Waals surface area contributed by atoms with Crippen LogP contribution in [0.4, 0.5) is 5.69 Å². The van der Waals surface area contributed by atoms with Crippen molar-refractivity contribution in [2.75, 3.05) is 4.72 Å². The average molecular weight is 442 g/mol. The van der Waals surface area contributed by atoms with Gasteiger partial charge in [-0.2, -0.15) is 0 Å². The Balaban J connectivity index is 2.04. The van der Waals surface area contributed by atoms with Crippen molar-refractivity contribution in [2.45, 2.75) is 11.8 Å². The van der Waals surface area contributed by atoms with Crippen molar-refractivity contribution in [1.82, 2.24) is 0 Å². The minimum atomic E-state index is -4.08. The molecule has 2 N–H and O–H groups in total. The van der Waals surface area contributed by atoms with Crippen LogP contribution in [-0.2, 0) is 10.0 Å². The number of hydrogen-bond acceptors (Lipinski definition) is 4. The van der Waals surface area contributed by atoms with Crippen LogP contribution in [0.15, 0.2) is 53.4 Å². The quantitative estimate of drug-likeness (QED) is 0.544. The molecule has 0 unspecified atom stereocenters. The number of thiophene rings is 1. The lowest BCUT2D eigenvalue weighted by Crippen LogP contribution is -2.14. The molecule has 0 fully saturated rings. The predicted octanol–water partition coefficient (Wildman–Crippen LogP) is 5.53. The Morgan fingerprint density at radius 3 is 2.22 bits per heavy atom. The Labute approximate surface area is 170 Å². The van der Waals surface area contributed by atoms with E-state index in [4.69, 9.17) is 23.2 Å². The lowest BCUT2D eigenvalue weighted by atomic mass is 10.2. The van der Waals surface area contributed by atoms with Crippen molar-refractivity contribution < 1.29 is 18.3 Å². The maximum absolute atomic E-state index is 12.7. The Morgan fingerprint density at radius 1 is 1.07 bits per heavy atom. The first-order chi connectivity index (χ1) is 12.7. The van der Waals surface area contributed by atoms with E-state index in [9.17, 15) is 18.3 Å². The molecule has 0 spiro atoms. The smallest absolute Gasteiger partial charge is 0.348 e. The topological polar surface area (TPSA) is 83.5 Å². The molecule has 0 aliphatic rings. The fourth-order valence-corrected chi connectivity index (χ4v) is 5.10. The van der Waals surface area contributed by atoms with Crippen LogP contribution in [-0.4, -0.2) is 19.5 Å². The van der Waals surface area contributed by atoms with Crippen molar-refractivity contribution in [3.63, 3.8) is 0 Å². The first-order valence-electron chi connectivity index (χ1n) is 7.60. The van der Waals surface area contributed by atoms with Gasteiger partial charge in [-0.1, -0.05) is 53.5 Å². The summed E-state index contributed by atoms with van der Waals surface area (Å²) in [5.74, 6) is -1.22. The summed E-state index contributed by atoms with van der Waals surface area (Å²) in [5, 5.41) is 9.86. The molecule has 0 aliphatic carbocycles. The Kier molecular flexibility index (Phi) is 5.48. The van der Waals surface area contributed by atoms with E-state index in [1.807, 2.05) is 30.3 Å². The number of carbonyl (C=O) groups is 1. The predicted molar refractivity (Wildman–Crippen MR) is 109 cm³/mol. The molecule has 2 aromatic carbocycles. The number of anilines is 1. The molecule has 3 aromatic rings. The number of rotatable bonds is 5. The molecule has 0 aliphatic heterocycles. The third-order valence-electron chi connectivity index (χ3n) is 3.79. The highest BCUT2D eigenvalue weighted by Crippen LogP contribution is 2.36. The standard InChI is InChI=1S/C18H13Cl2NO4S2/c1-10-13(19)7-12(8-14(10)20)27(24,25)21-15-9-16(26-17(15)18(22)23)11-5-3-2-4-6-11/h2-9,21H,1H3,(H,22,23). The number of aromatic carboxylic acids is 1. The summed E-state index contributed by atoms with van der Waals surface area (Å²) in [6, 6.07) is 13.1. The van der Waals surface area contributed by atoms with Crippen LogP contribution in [0.25, 0.3) is 10.4 Å². The maximum Gasteiger partial charge on any atom is 0.348 e. The second-order valence-electron chi connectivity index (χ2n) is 5.64. The van der Waals surface area contributed by atoms with E-state index in [0.717, 1.165) is 16.9 Å². The van der Waals surface area contributed by atoms with Crippen LogP contribution in [0.2, 0.25) is 10.0 Å². The van der Waals surface area contributed by atoms with Crippen LogP contribution in [0.1, 0.15) is 15.2 Å². The minimum Gasteiger partial charge on any atom is -0.477 e. The molecule has 0 bridgehead atoms. The zero-order chi connectivity index (χ0) is 19.8. The lowest BCUT2D eigenvalue weighted by molar-refractivity contribution is 0.0703. The van der Waals surface area contributed by atoms with Gasteiger partial charge in [-0.3, -0.25) is 4.72 Å². The molecule has 0 amide bonds. The maximum atomic E-state index is 12.7. The van der Waals surface area contributed by atoms with Crippen molar-refractivity contribution in [1.29, 1.82) is 0 Å². The summed E-state index contributed by atoms with van der Waals surface area (Å²) in [5.41, 5.74) is 1.33. The van der Waals surface area contributed by atoms with Gasteiger partial charge in [0.15, 0.2) is 0 Å². The second-order valence-corrected chi connectivity index (χ2v) is 9.19. The lowest BCUT2D eigenvalue weighted by Gasteiger charge is -2.10. The molecular formula is C18H13Cl2NO4S2. The van der Waals surface area contributed by atoms with Crippen molar-refractivity contribution in [3.8, 4) is 10.4 Å². The number of halogens is 2. The van der Waals surface area contributed by atoms with E-state index in [1.165, 1.54) is 18.2 Å². The molecule has 0 radical (unpaired) electrons. The highest BCUT2D eigenvalue weighted by Gasteiger charge is 2.23. The third-order valence-corrected chi connectivity index (χ3v) is 7.10. The highest BCUT2D eigenvalue weighted by molar-refractivity contribution is 7.92. The minimum absolute atomic E-state index is 0.0147. The van der Waals surface area contributed by atoms with E-state index in [2.05, 4.69) is 4.72 Å². The largest absolute Gasteiger partial charge is 0.477 e. The summed E-state index contributed by atoms with van der Waals surface area (Å²) in [6.07, 6.45) is 0. The molecule has 1 heterocycles. The van der Waals surface area contributed by atoms with Gasteiger partial charge in [-0.25, -0.2) is 13.2 Å². The monoisotopic (exact) mass is 441 g/mol. The fraction of sp³-hybridized carbons (Fsp3) is 0.0556. The van der Waals surface area contributed by atoms with Crippen LogP contribution in [0.5, 0.6) is 0 Å². The number of hydrogen-bond donors (Lipinski definition) is 2. The van der Waals surface area contributed by atoms with E-state index < -0.39 is 16.0 Å². The molecule has 0 atom stereocenters. The molecule has 0 saturated carbocycles. The van der Waals surface area contributed by atoms with Crippen molar-refractivity contribution in [2.24, 2.45) is 0 Å². The zero-order valence-electron chi connectivity index (χ0n) is 13.9. The highest BCUT2D eigenvalue weighted by atomic mass is 35.5. The van der Waals surface area contributed by atoms with Crippen molar-refractivity contribution in [3.05, 3.63) is 69.0 Å². The van der Waals surface area contributed by atoms with Crippen molar-refractivity contribution >= 4 is 56.2 Å². The van der Waals surface area contributed by atoms with Gasteiger partial charge in [-0.15, -0.1) is 11.3 Å². The molecule has 0 saturated heterocycles. The summed E-state index contributed by atoms with van der Waals surface area (Å²) in [7, 11) is -4.08. The number of carboxylic acids is 1. The SMILES string of the molecule is Cc1c(Cl)cc(S(=O)(=O)Nc2cc(-c3ccccc3)sc2C(=O)O)cc1Cl. The van der Waals surface area contributed by atoms with Gasteiger partial charge in [0.2, 0.25) is 0 Å². The Morgan fingerprint density at radius 2 is 1.67 bits per heavy atom. The summed E-state index contributed by atoms with van der Waals surface area (Å²) in [6.45, 7) is 1.67. The normalized spacial score (nSPS) is 11.4. The van der Waals surface area contributed by atoms with E-state index in [0.29, 0.717) is 10.4 Å². The summed E-state index contributed by atoms with van der Waals surface area (Å²) in [4.78, 5) is 11.9. The van der Waals surface area contributed by atoms with Crippen LogP contribution >= 0.6 is 34.5 Å². The Hall–Kier alpha value is -2.06. The molecule has 5 nitrogen and oxygen atoms in total. The van der Waals surface area contributed by atoms with Crippen LogP contribution in [0.3, 0.4) is 0 Å². The molecule has 27 heavy (non-hydrogen) atoms. The van der Waals surface area contributed by atoms with Gasteiger partial charge in [-0.05, 0) is 36.2 Å². The molecule has 9 heteroatoms. The molecular weight excluding hydrogens is 429 g/mol. The number of nitrogens with one attached hydrogen (secondary N) is 1. The van der Waals surface area contributed by atoms with Gasteiger partial charge in [0.05, 0.1) is 10.6 Å². The van der Waals surface area contributed by atoms with E-state index in [-0.39, 0.29) is 25.5 Å². The van der Waals surface area contributed by atoms with Gasteiger partial charge < -0.3 is 5.11 Å². The zero-order valence-corrected chi connectivity index (χ0v) is 17.0. The van der Waals surface area contributed by atoms with Gasteiger partial charge >= 0.3 is 5.97 Å². The van der Waals surface area contributed by atoms with Gasteiger partial charge in [0.1, 0.15) is 4.88 Å². The molecule has 140 valence electrons. The Bertz CT molecular complexity index is 1100. The van der Waals surface area contributed by atoms with Crippen LogP contribution in [0, 0.1) is 6.92 Å². The van der Waals surface area contributed by atoms with Crippen LogP contribution < -0.4 is 4.72 Å². The van der Waals surface area contributed by atoms with Gasteiger partial charge in [0.25, 0.3) is 10.0 Å². The number of carboxylic acid groups (broad SMARTS) is 1. The summed E-state index contributed by atoms with van der Waals surface area (Å²) < 4.78 is 27.8. The van der Waals surface area contributed by atoms with E-state index >= 15 is 0 Å². The molecule has 1 aromatic heterocycles. The first-order valence-corrected chi connectivity index (χ1v) is 10.7. The number of benzene rings is 2. The first kappa shape index (κ1) is 19.7. The average Bonchev–Trinajstić information content (AvgIpc) is 3.03. The fourth-order valence-electron chi connectivity index (χ4n) is 2.35. The van der Waals surface area contributed by atoms with E-state index in [1.54, 1.807) is 6.92 Å². The molecule has 3 rings (SSSR count).